The summed E-state index contributed by atoms with van der Waals surface area (Å²) >= 11 is -0.287. The second-order valence-electron chi connectivity index (χ2n) is 4.31. The van der Waals surface area contributed by atoms with Gasteiger partial charge in [0.25, 0.3) is 0 Å². The number of thioether (sulfide) groups is 1. The van der Waals surface area contributed by atoms with E-state index in [4.69, 9.17) is 0 Å². The minimum Gasteiger partial charge on any atom is -0.347 e. The molecule has 0 bridgehead atoms. The van der Waals surface area contributed by atoms with Gasteiger partial charge in [0.05, 0.1) is 11.8 Å². The lowest BCUT2D eigenvalue weighted by Gasteiger charge is -2.34. The third kappa shape index (κ3) is 3.89. The summed E-state index contributed by atoms with van der Waals surface area (Å²) in [5, 5.41) is 0. The Morgan fingerprint density at radius 2 is 2.32 bits per heavy atom. The first kappa shape index (κ1) is 14.2. The fraction of sp³-hybridized carbons (Fsp3) is 0.636. The number of H-pyrrole nitrogens is 1. The number of amides is 1. The van der Waals surface area contributed by atoms with Crippen LogP contribution in [0.25, 0.3) is 0 Å². The van der Waals surface area contributed by atoms with Crippen LogP contribution in [0.4, 0.5) is 13.2 Å². The lowest BCUT2D eigenvalue weighted by Crippen LogP contribution is -2.40. The monoisotopic (exact) mass is 293 g/mol. The van der Waals surface area contributed by atoms with Crippen molar-refractivity contribution >= 4 is 17.7 Å². The maximum Gasteiger partial charge on any atom is 0.442 e. The number of alkyl halides is 3. The van der Waals surface area contributed by atoms with E-state index < -0.39 is 17.2 Å². The van der Waals surface area contributed by atoms with E-state index in [2.05, 4.69) is 9.97 Å². The van der Waals surface area contributed by atoms with Crippen molar-refractivity contribution in [3.8, 4) is 0 Å². The molecule has 1 N–H and O–H groups in total. The first-order valence-corrected chi connectivity index (χ1v) is 6.95. The molecule has 0 spiro atoms. The van der Waals surface area contributed by atoms with Crippen molar-refractivity contribution in [3.05, 3.63) is 18.2 Å². The van der Waals surface area contributed by atoms with Gasteiger partial charge in [-0.2, -0.15) is 13.2 Å². The molecule has 0 aliphatic carbocycles. The fourth-order valence-electron chi connectivity index (χ4n) is 2.20. The zero-order chi connectivity index (χ0) is 13.9. The molecule has 1 aromatic rings. The molecule has 2 rings (SSSR count). The van der Waals surface area contributed by atoms with Crippen LogP contribution in [0.1, 0.15) is 31.1 Å². The van der Waals surface area contributed by atoms with Gasteiger partial charge in [-0.05, 0) is 31.0 Å². The van der Waals surface area contributed by atoms with Crippen LogP contribution < -0.4 is 0 Å². The summed E-state index contributed by atoms with van der Waals surface area (Å²) in [6, 6.07) is -0.231. The van der Waals surface area contributed by atoms with Crippen LogP contribution in [0.3, 0.4) is 0 Å². The third-order valence-electron chi connectivity index (χ3n) is 3.02. The van der Waals surface area contributed by atoms with Crippen LogP contribution in [0.5, 0.6) is 0 Å². The molecule has 0 aromatic carbocycles. The lowest BCUT2D eigenvalue weighted by molar-refractivity contribution is -0.132. The largest absolute Gasteiger partial charge is 0.442 e. The molecule has 8 heteroatoms. The predicted molar refractivity (Wildman–Crippen MR) is 65.4 cm³/mol. The van der Waals surface area contributed by atoms with E-state index in [1.807, 2.05) is 0 Å². The summed E-state index contributed by atoms with van der Waals surface area (Å²) in [5.41, 5.74) is -4.37. The molecule has 1 fully saturated rings. The first-order valence-electron chi connectivity index (χ1n) is 5.97. The van der Waals surface area contributed by atoms with E-state index in [1.54, 1.807) is 12.4 Å². The lowest BCUT2D eigenvalue weighted by atomic mass is 10.0. The third-order valence-corrected chi connectivity index (χ3v) is 3.74. The van der Waals surface area contributed by atoms with E-state index >= 15 is 0 Å². The number of aromatic amines is 1. The number of rotatable bonds is 3. The Morgan fingerprint density at radius 1 is 1.53 bits per heavy atom. The number of aromatic nitrogens is 2. The Hall–Kier alpha value is -1.18. The molecular formula is C11H14F3N3OS. The highest BCUT2D eigenvalue weighted by Gasteiger charge is 2.34. The maximum absolute atomic E-state index is 12.1. The van der Waals surface area contributed by atoms with Crippen molar-refractivity contribution < 1.29 is 18.0 Å². The van der Waals surface area contributed by atoms with Crippen LogP contribution in [0.2, 0.25) is 0 Å². The highest BCUT2D eigenvalue weighted by Crippen LogP contribution is 2.33. The van der Waals surface area contributed by atoms with Crippen molar-refractivity contribution in [2.75, 3.05) is 12.3 Å². The van der Waals surface area contributed by atoms with Crippen molar-refractivity contribution in [3.63, 3.8) is 0 Å². The number of nitrogens with one attached hydrogen (secondary N) is 1. The van der Waals surface area contributed by atoms with Crippen molar-refractivity contribution in [2.45, 2.75) is 30.8 Å². The summed E-state index contributed by atoms with van der Waals surface area (Å²) in [5.74, 6) is -0.408. The van der Waals surface area contributed by atoms with Gasteiger partial charge in [0.2, 0.25) is 5.91 Å². The standard InChI is InChI=1S/C11H14F3N3OS/c12-11(13,14)19-7-9(18)17-6-2-1-3-8(17)10-15-4-5-16-10/h4-5,8H,1-3,6-7H2,(H,15,16)/t8-/m0/s1. The van der Waals surface area contributed by atoms with Crippen LogP contribution in [-0.2, 0) is 4.79 Å². The number of hydrogen-bond acceptors (Lipinski definition) is 3. The minimum atomic E-state index is -4.37. The molecule has 1 saturated heterocycles. The number of carbonyl (C=O) groups is 1. The van der Waals surface area contributed by atoms with Crippen LogP contribution in [-0.4, -0.2) is 38.6 Å². The SMILES string of the molecule is O=C(CSC(F)(F)F)N1CCCC[C@H]1c1ncc[nH]1. The summed E-state index contributed by atoms with van der Waals surface area (Å²) in [4.78, 5) is 20.4. The number of nitrogens with zero attached hydrogens (tertiary/aromatic N) is 2. The molecule has 19 heavy (non-hydrogen) atoms. The van der Waals surface area contributed by atoms with Crippen molar-refractivity contribution in [1.82, 2.24) is 14.9 Å². The number of piperidine rings is 1. The molecule has 1 aliphatic rings. The highest BCUT2D eigenvalue weighted by molar-refractivity contribution is 8.00. The van der Waals surface area contributed by atoms with Crippen LogP contribution in [0, 0.1) is 0 Å². The number of likely N-dealkylation sites (tertiary alicyclic amines) is 1. The summed E-state index contributed by atoms with van der Waals surface area (Å²) < 4.78 is 36.4. The molecule has 1 aliphatic heterocycles. The van der Waals surface area contributed by atoms with Crippen molar-refractivity contribution in [1.29, 1.82) is 0 Å². The Kier molecular flexibility index (Phi) is 4.38. The van der Waals surface area contributed by atoms with Gasteiger partial charge in [0.1, 0.15) is 5.82 Å². The van der Waals surface area contributed by atoms with Gasteiger partial charge in [0, 0.05) is 18.9 Å². The topological polar surface area (TPSA) is 49.0 Å². The zero-order valence-electron chi connectivity index (χ0n) is 10.1. The second kappa shape index (κ2) is 5.85. The van der Waals surface area contributed by atoms with E-state index in [0.717, 1.165) is 19.3 Å². The van der Waals surface area contributed by atoms with Gasteiger partial charge in [-0.1, -0.05) is 0 Å². The molecule has 106 valence electrons. The van der Waals surface area contributed by atoms with Crippen LogP contribution in [0.15, 0.2) is 12.4 Å². The van der Waals surface area contributed by atoms with Crippen LogP contribution >= 0.6 is 11.8 Å². The Morgan fingerprint density at radius 3 is 2.95 bits per heavy atom. The van der Waals surface area contributed by atoms with Gasteiger partial charge in [-0.25, -0.2) is 4.98 Å². The van der Waals surface area contributed by atoms with E-state index in [-0.39, 0.29) is 17.8 Å². The van der Waals surface area contributed by atoms with Gasteiger partial charge in [0.15, 0.2) is 0 Å². The highest BCUT2D eigenvalue weighted by atomic mass is 32.2. The smallest absolute Gasteiger partial charge is 0.347 e. The summed E-state index contributed by atoms with van der Waals surface area (Å²) in [6.45, 7) is 0.489. The molecule has 1 amide bonds. The molecule has 1 aromatic heterocycles. The number of imidazole rings is 1. The Labute approximate surface area is 112 Å². The molecule has 0 radical (unpaired) electrons. The molecule has 1 atom stereocenters. The molecule has 0 saturated carbocycles. The van der Waals surface area contributed by atoms with Gasteiger partial charge in [-0.15, -0.1) is 0 Å². The number of carbonyl (C=O) groups excluding carboxylic acids is 1. The quantitative estimate of drug-likeness (QED) is 0.932. The predicted octanol–water partition coefficient (Wildman–Crippen LogP) is 2.72. The van der Waals surface area contributed by atoms with E-state index in [0.29, 0.717) is 12.4 Å². The Balaban J connectivity index is 2.01. The fourth-order valence-corrected chi connectivity index (χ4v) is 2.65. The zero-order valence-corrected chi connectivity index (χ0v) is 10.9. The first-order chi connectivity index (χ1) is 8.97. The second-order valence-corrected chi connectivity index (χ2v) is 5.35. The minimum absolute atomic E-state index is 0.231. The van der Waals surface area contributed by atoms with Crippen molar-refractivity contribution in [2.24, 2.45) is 0 Å². The summed E-state index contributed by atoms with van der Waals surface area (Å²) in [7, 11) is 0. The van der Waals surface area contributed by atoms with E-state index in [9.17, 15) is 18.0 Å². The normalized spacial score (nSPS) is 20.6. The van der Waals surface area contributed by atoms with Gasteiger partial charge < -0.3 is 9.88 Å². The van der Waals surface area contributed by atoms with Gasteiger partial charge in [-0.3, -0.25) is 4.79 Å². The van der Waals surface area contributed by atoms with Gasteiger partial charge >= 0.3 is 5.51 Å². The Bertz CT molecular complexity index is 421. The molecule has 4 nitrogen and oxygen atoms in total. The average molecular weight is 293 g/mol. The maximum atomic E-state index is 12.1. The summed E-state index contributed by atoms with van der Waals surface area (Å²) in [6.07, 6.45) is 5.73. The number of hydrogen-bond donors (Lipinski definition) is 1. The molecule has 2 heterocycles. The van der Waals surface area contributed by atoms with E-state index in [1.165, 1.54) is 4.90 Å². The molecule has 0 unspecified atom stereocenters. The average Bonchev–Trinajstić information content (AvgIpc) is 2.89. The number of halogens is 3. The molecular weight excluding hydrogens is 279 g/mol.